The highest BCUT2D eigenvalue weighted by Crippen LogP contribution is 2.13. The molecule has 1 atom stereocenters. The van der Waals surface area contributed by atoms with Crippen molar-refractivity contribution in [1.29, 1.82) is 0 Å². The van der Waals surface area contributed by atoms with Gasteiger partial charge in [-0.05, 0) is 18.4 Å². The third kappa shape index (κ3) is 5.84. The fourth-order valence-electron chi connectivity index (χ4n) is 3.43. The molecule has 2 heterocycles. The van der Waals surface area contributed by atoms with Crippen molar-refractivity contribution >= 4 is 17.8 Å². The van der Waals surface area contributed by atoms with E-state index in [1.807, 2.05) is 44.2 Å². The summed E-state index contributed by atoms with van der Waals surface area (Å²) in [5.41, 5.74) is 1.63. The van der Waals surface area contributed by atoms with Gasteiger partial charge >= 0.3 is 6.03 Å². The molecule has 0 saturated carbocycles. The van der Waals surface area contributed by atoms with Crippen LogP contribution in [0.1, 0.15) is 35.7 Å². The van der Waals surface area contributed by atoms with E-state index in [4.69, 9.17) is 4.52 Å². The number of benzene rings is 1. The Bertz CT molecular complexity index is 904. The molecule has 0 aliphatic carbocycles. The number of piperazine rings is 1. The summed E-state index contributed by atoms with van der Waals surface area (Å²) in [6.45, 7) is 7.52. The van der Waals surface area contributed by atoms with Gasteiger partial charge in [0.15, 0.2) is 0 Å². The van der Waals surface area contributed by atoms with Crippen LogP contribution in [0.5, 0.6) is 0 Å². The number of carbonyl (C=O) groups excluding carboxylic acids is 3. The number of nitrogens with one attached hydrogen (secondary N) is 2. The third-order valence-corrected chi connectivity index (χ3v) is 5.23. The molecule has 1 saturated heterocycles. The molecule has 166 valence electrons. The van der Waals surface area contributed by atoms with Crippen LogP contribution in [0.3, 0.4) is 0 Å². The van der Waals surface area contributed by atoms with Crippen molar-refractivity contribution in [3.63, 3.8) is 0 Å². The van der Waals surface area contributed by atoms with Gasteiger partial charge in [0.25, 0.3) is 5.91 Å². The smallest absolute Gasteiger partial charge is 0.315 e. The van der Waals surface area contributed by atoms with Gasteiger partial charge in [-0.3, -0.25) is 9.59 Å². The number of aromatic nitrogens is 1. The summed E-state index contributed by atoms with van der Waals surface area (Å²) in [5, 5.41) is 9.34. The second-order valence-corrected chi connectivity index (χ2v) is 7.98. The highest BCUT2D eigenvalue weighted by atomic mass is 16.5. The van der Waals surface area contributed by atoms with Gasteiger partial charge in [0, 0.05) is 38.8 Å². The van der Waals surface area contributed by atoms with Crippen molar-refractivity contribution in [2.45, 2.75) is 33.4 Å². The second kappa shape index (κ2) is 10.1. The predicted molar refractivity (Wildman–Crippen MR) is 114 cm³/mol. The van der Waals surface area contributed by atoms with Crippen molar-refractivity contribution in [3.8, 4) is 0 Å². The molecule has 1 aliphatic rings. The first-order chi connectivity index (χ1) is 14.8. The minimum absolute atomic E-state index is 0.0770. The van der Waals surface area contributed by atoms with Gasteiger partial charge in [0.1, 0.15) is 6.04 Å². The molecule has 0 bridgehead atoms. The zero-order valence-corrected chi connectivity index (χ0v) is 18.1. The van der Waals surface area contributed by atoms with Crippen LogP contribution in [0.25, 0.3) is 0 Å². The molecule has 9 nitrogen and oxygen atoms in total. The van der Waals surface area contributed by atoms with E-state index in [2.05, 4.69) is 15.8 Å². The van der Waals surface area contributed by atoms with E-state index in [0.29, 0.717) is 38.4 Å². The van der Waals surface area contributed by atoms with E-state index in [9.17, 15) is 14.4 Å². The first-order valence-electron chi connectivity index (χ1n) is 10.4. The minimum atomic E-state index is -0.644. The molecule has 0 radical (unpaired) electrons. The molecule has 4 amide bonds. The maximum Gasteiger partial charge on any atom is 0.315 e. The van der Waals surface area contributed by atoms with Crippen LogP contribution < -0.4 is 10.6 Å². The van der Waals surface area contributed by atoms with Crippen LogP contribution in [0.15, 0.2) is 40.9 Å². The van der Waals surface area contributed by atoms with Gasteiger partial charge in [-0.1, -0.05) is 49.3 Å². The normalized spacial score (nSPS) is 15.0. The molecule has 9 heteroatoms. The molecule has 1 fully saturated rings. The Kier molecular flexibility index (Phi) is 7.28. The molecule has 1 unspecified atom stereocenters. The highest BCUT2D eigenvalue weighted by molar-refractivity contribution is 5.92. The zero-order valence-electron chi connectivity index (χ0n) is 18.1. The van der Waals surface area contributed by atoms with Crippen LogP contribution in [-0.2, 0) is 11.3 Å². The van der Waals surface area contributed by atoms with Gasteiger partial charge in [-0.15, -0.1) is 0 Å². The quantitative estimate of drug-likeness (QED) is 0.731. The van der Waals surface area contributed by atoms with E-state index in [1.165, 1.54) is 0 Å². The number of hydrogen-bond acceptors (Lipinski definition) is 5. The number of carbonyl (C=O) groups is 3. The lowest BCUT2D eigenvalue weighted by atomic mass is 10.0. The molecule has 2 N–H and O–H groups in total. The van der Waals surface area contributed by atoms with Crippen LogP contribution in [-0.4, -0.2) is 65.0 Å². The molecule has 1 aromatic heterocycles. The largest absolute Gasteiger partial charge is 0.351 e. The lowest BCUT2D eigenvalue weighted by molar-refractivity contribution is -0.135. The molecule has 1 aliphatic heterocycles. The van der Waals surface area contributed by atoms with E-state index >= 15 is 0 Å². The summed E-state index contributed by atoms with van der Waals surface area (Å²) >= 11 is 0. The van der Waals surface area contributed by atoms with E-state index in [-0.39, 0.29) is 29.5 Å². The Morgan fingerprint density at radius 3 is 2.29 bits per heavy atom. The zero-order chi connectivity index (χ0) is 22.4. The lowest BCUT2D eigenvalue weighted by Gasteiger charge is -2.36. The number of hydrogen-bond donors (Lipinski definition) is 2. The molecule has 1 aromatic carbocycles. The number of urea groups is 1. The van der Waals surface area contributed by atoms with Gasteiger partial charge in [0.05, 0.1) is 5.69 Å². The average Bonchev–Trinajstić information content (AvgIpc) is 3.22. The van der Waals surface area contributed by atoms with Crippen molar-refractivity contribution in [3.05, 3.63) is 53.4 Å². The number of aryl methyl sites for hydroxylation is 1. The van der Waals surface area contributed by atoms with Crippen LogP contribution in [0.2, 0.25) is 0 Å². The molecule has 3 rings (SSSR count). The first kappa shape index (κ1) is 22.3. The van der Waals surface area contributed by atoms with Crippen molar-refractivity contribution in [1.82, 2.24) is 25.6 Å². The Hall–Kier alpha value is -3.36. The summed E-state index contributed by atoms with van der Waals surface area (Å²) in [6.07, 6.45) is 0. The Morgan fingerprint density at radius 2 is 1.71 bits per heavy atom. The monoisotopic (exact) mass is 427 g/mol. The lowest BCUT2D eigenvalue weighted by Crippen LogP contribution is -2.58. The SMILES string of the molecule is Cc1cc(C(=O)N2CCN(C(=O)C(NC(=O)NCc3ccccc3)C(C)C)CC2)on1. The summed E-state index contributed by atoms with van der Waals surface area (Å²) in [4.78, 5) is 41.2. The summed E-state index contributed by atoms with van der Waals surface area (Å²) < 4.78 is 5.05. The Balaban J connectivity index is 1.52. The molecule has 31 heavy (non-hydrogen) atoms. The molecule has 0 spiro atoms. The van der Waals surface area contributed by atoms with E-state index in [0.717, 1.165) is 5.56 Å². The third-order valence-electron chi connectivity index (χ3n) is 5.23. The van der Waals surface area contributed by atoms with Gasteiger partial charge in [0.2, 0.25) is 11.7 Å². The van der Waals surface area contributed by atoms with Crippen LogP contribution >= 0.6 is 0 Å². The van der Waals surface area contributed by atoms with E-state index in [1.54, 1.807) is 22.8 Å². The number of nitrogens with zero attached hydrogens (tertiary/aromatic N) is 3. The maximum atomic E-state index is 13.1. The standard InChI is InChI=1S/C22H29N5O4/c1-15(2)19(24-22(30)23-14-17-7-5-4-6-8-17)21(29)27-11-9-26(10-12-27)20(28)18-13-16(3)25-31-18/h4-8,13,15,19H,9-12,14H2,1-3H3,(H2,23,24,30). The van der Waals surface area contributed by atoms with Gasteiger partial charge in [-0.25, -0.2) is 4.79 Å². The van der Waals surface area contributed by atoms with Crippen molar-refractivity contribution in [2.24, 2.45) is 5.92 Å². The average molecular weight is 428 g/mol. The maximum absolute atomic E-state index is 13.1. The molecule has 2 aromatic rings. The van der Waals surface area contributed by atoms with Crippen LogP contribution in [0, 0.1) is 12.8 Å². The fourth-order valence-corrected chi connectivity index (χ4v) is 3.43. The van der Waals surface area contributed by atoms with Gasteiger partial charge < -0.3 is 25.0 Å². The van der Waals surface area contributed by atoms with Crippen molar-refractivity contribution in [2.75, 3.05) is 26.2 Å². The van der Waals surface area contributed by atoms with Crippen LogP contribution in [0.4, 0.5) is 4.79 Å². The Morgan fingerprint density at radius 1 is 1.06 bits per heavy atom. The summed E-state index contributed by atoms with van der Waals surface area (Å²) in [7, 11) is 0. The molecular formula is C22H29N5O4. The van der Waals surface area contributed by atoms with E-state index < -0.39 is 6.04 Å². The Labute approximate surface area is 181 Å². The highest BCUT2D eigenvalue weighted by Gasteiger charge is 2.32. The minimum Gasteiger partial charge on any atom is -0.351 e. The number of amides is 4. The number of rotatable bonds is 6. The van der Waals surface area contributed by atoms with Crippen molar-refractivity contribution < 1.29 is 18.9 Å². The summed E-state index contributed by atoms with van der Waals surface area (Å²) in [6, 6.07) is 10.1. The topological polar surface area (TPSA) is 108 Å². The second-order valence-electron chi connectivity index (χ2n) is 7.98. The predicted octanol–water partition coefficient (Wildman–Crippen LogP) is 1.79. The molecular weight excluding hydrogens is 398 g/mol. The fraction of sp³-hybridized carbons (Fsp3) is 0.455. The van der Waals surface area contributed by atoms with Gasteiger partial charge in [-0.2, -0.15) is 0 Å². The first-order valence-corrected chi connectivity index (χ1v) is 10.4. The summed E-state index contributed by atoms with van der Waals surface area (Å²) in [5.74, 6) is -0.250.